The Morgan fingerprint density at radius 3 is 2.39 bits per heavy atom. The fourth-order valence-electron chi connectivity index (χ4n) is 2.21. The predicted molar refractivity (Wildman–Crippen MR) is 68.0 cm³/mol. The van der Waals surface area contributed by atoms with Gasteiger partial charge in [0.2, 0.25) is 0 Å². The lowest BCUT2D eigenvalue weighted by atomic mass is 9.87. The molecule has 0 unspecified atom stereocenters. The van der Waals surface area contributed by atoms with Gasteiger partial charge in [0.25, 0.3) is 0 Å². The highest BCUT2D eigenvalue weighted by molar-refractivity contribution is 5.71. The van der Waals surface area contributed by atoms with Crippen LogP contribution in [0.4, 0.5) is 4.79 Å². The van der Waals surface area contributed by atoms with Crippen molar-refractivity contribution in [2.45, 2.75) is 38.0 Å². The predicted octanol–water partition coefficient (Wildman–Crippen LogP) is 2.17. The summed E-state index contributed by atoms with van der Waals surface area (Å²) in [6.45, 7) is 3.39. The van der Waals surface area contributed by atoms with Crippen LogP contribution in [0.3, 0.4) is 0 Å². The quantitative estimate of drug-likeness (QED) is 0.893. The standard InChI is InChI=1S/C14H19NO3/c1-13(10-9-11-7-5-4-6-8-11)14(2,17)15(3)12(16)18-13/h4-8,17H,9-10H2,1-3H3/t13-,14-/m0/s1. The molecule has 0 aromatic heterocycles. The molecule has 0 bridgehead atoms. The van der Waals surface area contributed by atoms with Crippen LogP contribution in [0.5, 0.6) is 0 Å². The number of nitrogens with zero attached hydrogens (tertiary/aromatic N) is 1. The van der Waals surface area contributed by atoms with Gasteiger partial charge in [0, 0.05) is 7.05 Å². The highest BCUT2D eigenvalue weighted by Crippen LogP contribution is 2.39. The van der Waals surface area contributed by atoms with E-state index in [0.717, 1.165) is 6.42 Å². The smallest absolute Gasteiger partial charge is 0.412 e. The molecule has 4 nitrogen and oxygen atoms in total. The van der Waals surface area contributed by atoms with E-state index in [1.807, 2.05) is 30.3 Å². The third-order valence-electron chi connectivity index (χ3n) is 3.97. The van der Waals surface area contributed by atoms with E-state index in [1.54, 1.807) is 20.9 Å². The first kappa shape index (κ1) is 12.9. The zero-order valence-corrected chi connectivity index (χ0v) is 11.0. The maximum atomic E-state index is 11.6. The minimum atomic E-state index is -1.28. The molecule has 1 amide bonds. The molecule has 0 spiro atoms. The lowest BCUT2D eigenvalue weighted by molar-refractivity contribution is -0.133. The second-order valence-corrected chi connectivity index (χ2v) is 5.16. The second-order valence-electron chi connectivity index (χ2n) is 5.16. The van der Waals surface area contributed by atoms with Crippen LogP contribution in [0.25, 0.3) is 0 Å². The molecule has 98 valence electrons. The average Bonchev–Trinajstić information content (AvgIpc) is 2.50. The van der Waals surface area contributed by atoms with Gasteiger partial charge in [-0.25, -0.2) is 4.79 Å². The Morgan fingerprint density at radius 1 is 1.28 bits per heavy atom. The summed E-state index contributed by atoms with van der Waals surface area (Å²) in [5, 5.41) is 10.4. The van der Waals surface area contributed by atoms with E-state index in [1.165, 1.54) is 10.5 Å². The van der Waals surface area contributed by atoms with Crippen LogP contribution in [0.2, 0.25) is 0 Å². The van der Waals surface area contributed by atoms with E-state index in [4.69, 9.17) is 4.74 Å². The summed E-state index contributed by atoms with van der Waals surface area (Å²) in [7, 11) is 1.55. The number of likely N-dealkylation sites (N-methyl/N-ethyl adjacent to an activating group) is 1. The van der Waals surface area contributed by atoms with Crippen LogP contribution in [-0.2, 0) is 11.2 Å². The van der Waals surface area contributed by atoms with Crippen molar-refractivity contribution in [3.8, 4) is 0 Å². The van der Waals surface area contributed by atoms with E-state index in [0.29, 0.717) is 6.42 Å². The van der Waals surface area contributed by atoms with Gasteiger partial charge in [0.05, 0.1) is 0 Å². The number of cyclic esters (lactones) is 1. The first-order valence-electron chi connectivity index (χ1n) is 6.10. The molecule has 1 heterocycles. The number of ether oxygens (including phenoxy) is 1. The normalized spacial score (nSPS) is 31.6. The maximum Gasteiger partial charge on any atom is 0.412 e. The van der Waals surface area contributed by atoms with Gasteiger partial charge in [-0.1, -0.05) is 30.3 Å². The Labute approximate surface area is 107 Å². The molecule has 1 saturated heterocycles. The monoisotopic (exact) mass is 249 g/mol. The fourth-order valence-corrected chi connectivity index (χ4v) is 2.21. The molecule has 1 N–H and O–H groups in total. The number of amides is 1. The topological polar surface area (TPSA) is 49.8 Å². The molecule has 1 aromatic carbocycles. The summed E-state index contributed by atoms with van der Waals surface area (Å²) in [4.78, 5) is 12.8. The van der Waals surface area contributed by atoms with E-state index in [-0.39, 0.29) is 0 Å². The Bertz CT molecular complexity index is 444. The van der Waals surface area contributed by atoms with Crippen molar-refractivity contribution in [3.05, 3.63) is 35.9 Å². The van der Waals surface area contributed by atoms with Crippen LogP contribution in [0.15, 0.2) is 30.3 Å². The summed E-state index contributed by atoms with van der Waals surface area (Å²) in [6, 6.07) is 9.97. The van der Waals surface area contributed by atoms with Crippen LogP contribution in [-0.4, -0.2) is 34.5 Å². The lowest BCUT2D eigenvalue weighted by Gasteiger charge is -2.36. The lowest BCUT2D eigenvalue weighted by Crippen LogP contribution is -2.53. The van der Waals surface area contributed by atoms with Crippen molar-refractivity contribution in [1.82, 2.24) is 4.90 Å². The van der Waals surface area contributed by atoms with Crippen molar-refractivity contribution in [2.24, 2.45) is 0 Å². The third kappa shape index (κ3) is 1.97. The molecular formula is C14H19NO3. The molecule has 1 fully saturated rings. The molecule has 0 aliphatic carbocycles. The summed E-state index contributed by atoms with van der Waals surface area (Å²) < 4.78 is 5.34. The van der Waals surface area contributed by atoms with Crippen molar-refractivity contribution in [3.63, 3.8) is 0 Å². The summed E-state index contributed by atoms with van der Waals surface area (Å²) in [5.74, 6) is 0. The number of aliphatic hydroxyl groups is 1. The van der Waals surface area contributed by atoms with Gasteiger partial charge in [-0.05, 0) is 32.3 Å². The molecule has 1 aliphatic heterocycles. The van der Waals surface area contributed by atoms with Crippen LogP contribution in [0, 0.1) is 0 Å². The molecule has 0 saturated carbocycles. The fraction of sp³-hybridized carbons (Fsp3) is 0.500. The van der Waals surface area contributed by atoms with Crippen molar-refractivity contribution in [2.75, 3.05) is 7.05 Å². The molecule has 2 rings (SSSR count). The minimum absolute atomic E-state index is 0.476. The number of benzene rings is 1. The zero-order chi connectivity index (χ0) is 13.4. The van der Waals surface area contributed by atoms with Crippen LogP contribution in [0.1, 0.15) is 25.8 Å². The molecular weight excluding hydrogens is 230 g/mol. The molecule has 18 heavy (non-hydrogen) atoms. The van der Waals surface area contributed by atoms with Crippen molar-refractivity contribution in [1.29, 1.82) is 0 Å². The van der Waals surface area contributed by atoms with E-state index >= 15 is 0 Å². The third-order valence-corrected chi connectivity index (χ3v) is 3.97. The van der Waals surface area contributed by atoms with Crippen molar-refractivity contribution < 1.29 is 14.6 Å². The molecule has 1 aromatic rings. The van der Waals surface area contributed by atoms with Gasteiger partial charge in [0.15, 0.2) is 11.3 Å². The first-order chi connectivity index (χ1) is 8.37. The minimum Gasteiger partial charge on any atom is -0.438 e. The van der Waals surface area contributed by atoms with Gasteiger partial charge in [-0.3, -0.25) is 4.90 Å². The number of hydrogen-bond donors (Lipinski definition) is 1. The Morgan fingerprint density at radius 2 is 1.89 bits per heavy atom. The summed E-state index contributed by atoms with van der Waals surface area (Å²) in [5.41, 5.74) is -0.992. The molecule has 0 radical (unpaired) electrons. The SMILES string of the molecule is CN1C(=O)O[C@@](C)(CCc2ccccc2)[C@]1(C)O. The van der Waals surface area contributed by atoms with E-state index in [9.17, 15) is 9.90 Å². The largest absolute Gasteiger partial charge is 0.438 e. The first-order valence-corrected chi connectivity index (χ1v) is 6.10. The molecule has 1 aliphatic rings. The van der Waals surface area contributed by atoms with Gasteiger partial charge < -0.3 is 9.84 Å². The number of carbonyl (C=O) groups excluding carboxylic acids is 1. The van der Waals surface area contributed by atoms with Gasteiger partial charge in [-0.2, -0.15) is 0 Å². The Kier molecular flexibility index (Phi) is 3.07. The molecule has 2 atom stereocenters. The summed E-state index contributed by atoms with van der Waals surface area (Å²) in [6.07, 6.45) is 0.866. The zero-order valence-electron chi connectivity index (χ0n) is 11.0. The van der Waals surface area contributed by atoms with Gasteiger partial charge in [0.1, 0.15) is 0 Å². The highest BCUT2D eigenvalue weighted by atomic mass is 16.6. The Hall–Kier alpha value is -1.55. The number of rotatable bonds is 3. The Balaban J connectivity index is 2.11. The van der Waals surface area contributed by atoms with Gasteiger partial charge in [-0.15, -0.1) is 0 Å². The van der Waals surface area contributed by atoms with Crippen LogP contribution >= 0.6 is 0 Å². The summed E-state index contributed by atoms with van der Waals surface area (Å²) >= 11 is 0. The number of aryl methyl sites for hydroxylation is 1. The number of hydrogen-bond acceptors (Lipinski definition) is 3. The van der Waals surface area contributed by atoms with E-state index in [2.05, 4.69) is 0 Å². The van der Waals surface area contributed by atoms with Crippen molar-refractivity contribution >= 4 is 6.09 Å². The van der Waals surface area contributed by atoms with Gasteiger partial charge >= 0.3 is 6.09 Å². The number of carbonyl (C=O) groups is 1. The van der Waals surface area contributed by atoms with Crippen LogP contribution < -0.4 is 0 Å². The molecule has 4 heteroatoms. The second kappa shape index (κ2) is 4.28. The average molecular weight is 249 g/mol. The van der Waals surface area contributed by atoms with E-state index < -0.39 is 17.4 Å². The highest BCUT2D eigenvalue weighted by Gasteiger charge is 2.57. The maximum absolute atomic E-state index is 11.6.